The van der Waals surface area contributed by atoms with Crippen LogP contribution in [0.1, 0.15) is 32.3 Å². The second-order valence-electron chi connectivity index (χ2n) is 6.77. The molecule has 0 N–H and O–H groups in total. The van der Waals surface area contributed by atoms with Crippen molar-refractivity contribution in [2.75, 3.05) is 53.5 Å². The van der Waals surface area contributed by atoms with Crippen molar-refractivity contribution >= 4 is 10.2 Å². The fourth-order valence-corrected chi connectivity index (χ4v) is 5.14. The van der Waals surface area contributed by atoms with E-state index >= 15 is 0 Å². The zero-order valence-corrected chi connectivity index (χ0v) is 17.8. The van der Waals surface area contributed by atoms with Crippen molar-refractivity contribution < 1.29 is 17.9 Å². The van der Waals surface area contributed by atoms with Crippen LogP contribution in [0.2, 0.25) is 0 Å². The Kier molecular flexibility index (Phi) is 8.34. The Labute approximate surface area is 164 Å². The van der Waals surface area contributed by atoms with Gasteiger partial charge in [0.25, 0.3) is 10.2 Å². The maximum absolute atomic E-state index is 12.9. The van der Waals surface area contributed by atoms with Gasteiger partial charge >= 0.3 is 0 Å². The van der Waals surface area contributed by atoms with Crippen LogP contribution < -0.4 is 9.47 Å². The average Bonchev–Trinajstić information content (AvgIpc) is 2.68. The number of ether oxygens (including phenoxy) is 2. The minimum absolute atomic E-state index is 0.527. The summed E-state index contributed by atoms with van der Waals surface area (Å²) in [6.45, 7) is 8.46. The molecule has 27 heavy (non-hydrogen) atoms. The summed E-state index contributed by atoms with van der Waals surface area (Å²) in [6.07, 6.45) is 1.66. The summed E-state index contributed by atoms with van der Waals surface area (Å²) in [5, 5.41) is 0. The molecule has 154 valence electrons. The first kappa shape index (κ1) is 21.9. The average molecular weight is 400 g/mol. The molecule has 1 saturated heterocycles. The topological polar surface area (TPSA) is 62.3 Å². The fraction of sp³-hybridized carbons (Fsp3) is 0.684. The first-order valence-corrected chi connectivity index (χ1v) is 11.0. The van der Waals surface area contributed by atoms with Gasteiger partial charge in [-0.3, -0.25) is 4.90 Å². The summed E-state index contributed by atoms with van der Waals surface area (Å²) in [7, 11) is -0.110. The first-order valence-electron chi connectivity index (χ1n) is 9.64. The quantitative estimate of drug-likeness (QED) is 0.604. The Morgan fingerprint density at radius 1 is 0.963 bits per heavy atom. The Morgan fingerprint density at radius 3 is 2.07 bits per heavy atom. The van der Waals surface area contributed by atoms with E-state index in [9.17, 15) is 8.42 Å². The lowest BCUT2D eigenvalue weighted by atomic mass is 10.1. The molecule has 7 nitrogen and oxygen atoms in total. The summed E-state index contributed by atoms with van der Waals surface area (Å²) in [4.78, 5) is 2.28. The number of hydrogen-bond donors (Lipinski definition) is 0. The highest BCUT2D eigenvalue weighted by molar-refractivity contribution is 7.86. The summed E-state index contributed by atoms with van der Waals surface area (Å²) in [5.74, 6) is 1.43. The van der Waals surface area contributed by atoms with Crippen LogP contribution >= 0.6 is 0 Å². The molecule has 8 heteroatoms. The summed E-state index contributed by atoms with van der Waals surface area (Å²) in [5.41, 5.74) is 1.13. The van der Waals surface area contributed by atoms with Crippen LogP contribution in [0.3, 0.4) is 0 Å². The molecule has 0 aromatic heterocycles. The molecule has 2 rings (SSSR count). The number of rotatable bonds is 10. The van der Waals surface area contributed by atoms with Gasteiger partial charge in [0.05, 0.1) is 14.2 Å². The second-order valence-corrected chi connectivity index (χ2v) is 8.70. The second kappa shape index (κ2) is 10.3. The van der Waals surface area contributed by atoms with Crippen LogP contribution in [0.15, 0.2) is 18.2 Å². The number of methoxy groups -OCH3 is 2. The normalized spacial score (nSPS) is 16.6. The lowest BCUT2D eigenvalue weighted by molar-refractivity contribution is 0.174. The molecule has 0 spiro atoms. The molecule has 1 aromatic rings. The van der Waals surface area contributed by atoms with Crippen LogP contribution in [-0.4, -0.2) is 75.4 Å². The molecule has 0 unspecified atom stereocenters. The van der Waals surface area contributed by atoms with Gasteiger partial charge in [0.15, 0.2) is 11.5 Å². The van der Waals surface area contributed by atoms with E-state index in [0.717, 1.165) is 38.0 Å². The molecule has 0 amide bonds. The Balaban J connectivity index is 1.96. The standard InChI is InChI=1S/C19H33N3O4S/c1-5-9-21(10-6-2)27(23,24)22-13-11-20(12-14-22)16-17-7-8-18(25-3)19(15-17)26-4/h7-8,15H,5-6,9-14,16H2,1-4H3. The van der Waals surface area contributed by atoms with E-state index in [1.165, 1.54) is 0 Å². The monoisotopic (exact) mass is 399 g/mol. The third-order valence-electron chi connectivity index (χ3n) is 4.78. The van der Waals surface area contributed by atoms with Gasteiger partial charge in [-0.05, 0) is 30.5 Å². The predicted octanol–water partition coefficient (Wildman–Crippen LogP) is 2.19. The van der Waals surface area contributed by atoms with E-state index in [2.05, 4.69) is 4.90 Å². The Bertz CT molecular complexity index is 682. The van der Waals surface area contributed by atoms with Crippen molar-refractivity contribution in [2.24, 2.45) is 0 Å². The lowest BCUT2D eigenvalue weighted by Crippen LogP contribution is -2.53. The molecule has 1 fully saturated rings. The van der Waals surface area contributed by atoms with Crippen molar-refractivity contribution in [3.05, 3.63) is 23.8 Å². The van der Waals surface area contributed by atoms with Crippen LogP contribution in [0.25, 0.3) is 0 Å². The van der Waals surface area contributed by atoms with Gasteiger partial charge in [-0.1, -0.05) is 19.9 Å². The zero-order valence-electron chi connectivity index (χ0n) is 17.0. The SMILES string of the molecule is CCCN(CCC)S(=O)(=O)N1CCN(Cc2ccc(OC)c(OC)c2)CC1. The highest BCUT2D eigenvalue weighted by atomic mass is 32.2. The van der Waals surface area contributed by atoms with Gasteiger partial charge in [0.2, 0.25) is 0 Å². The van der Waals surface area contributed by atoms with E-state index in [-0.39, 0.29) is 0 Å². The van der Waals surface area contributed by atoms with Gasteiger partial charge in [-0.2, -0.15) is 17.0 Å². The number of benzene rings is 1. The predicted molar refractivity (Wildman–Crippen MR) is 107 cm³/mol. The summed E-state index contributed by atoms with van der Waals surface area (Å²) in [6, 6.07) is 5.91. The van der Waals surface area contributed by atoms with E-state index in [0.29, 0.717) is 37.7 Å². The molecule has 0 aliphatic carbocycles. The molecule has 1 aliphatic heterocycles. The van der Waals surface area contributed by atoms with Crippen LogP contribution in [0.4, 0.5) is 0 Å². The highest BCUT2D eigenvalue weighted by Gasteiger charge is 2.31. The Morgan fingerprint density at radius 2 is 1.56 bits per heavy atom. The molecular weight excluding hydrogens is 366 g/mol. The highest BCUT2D eigenvalue weighted by Crippen LogP contribution is 2.28. The van der Waals surface area contributed by atoms with Crippen LogP contribution in [0.5, 0.6) is 11.5 Å². The summed E-state index contributed by atoms with van der Waals surface area (Å²) >= 11 is 0. The molecule has 1 heterocycles. The van der Waals surface area contributed by atoms with E-state index in [1.807, 2.05) is 32.0 Å². The minimum atomic E-state index is -3.36. The molecule has 0 radical (unpaired) electrons. The third kappa shape index (κ3) is 5.57. The number of piperazine rings is 1. The molecule has 0 bridgehead atoms. The molecule has 1 aromatic carbocycles. The van der Waals surface area contributed by atoms with E-state index in [1.54, 1.807) is 22.8 Å². The van der Waals surface area contributed by atoms with E-state index < -0.39 is 10.2 Å². The van der Waals surface area contributed by atoms with Crippen LogP contribution in [0, 0.1) is 0 Å². The van der Waals surface area contributed by atoms with Crippen molar-refractivity contribution in [3.8, 4) is 11.5 Å². The largest absolute Gasteiger partial charge is 0.493 e. The van der Waals surface area contributed by atoms with Gasteiger partial charge in [-0.15, -0.1) is 0 Å². The molecule has 0 atom stereocenters. The van der Waals surface area contributed by atoms with Gasteiger partial charge in [0, 0.05) is 45.8 Å². The van der Waals surface area contributed by atoms with Crippen molar-refractivity contribution in [1.82, 2.24) is 13.5 Å². The number of hydrogen-bond acceptors (Lipinski definition) is 5. The fourth-order valence-electron chi connectivity index (χ4n) is 3.36. The minimum Gasteiger partial charge on any atom is -0.493 e. The zero-order chi connectivity index (χ0) is 19.9. The third-order valence-corrected chi connectivity index (χ3v) is 6.82. The maximum Gasteiger partial charge on any atom is 0.282 e. The van der Waals surface area contributed by atoms with Crippen molar-refractivity contribution in [1.29, 1.82) is 0 Å². The van der Waals surface area contributed by atoms with Gasteiger partial charge < -0.3 is 9.47 Å². The van der Waals surface area contributed by atoms with Crippen LogP contribution in [-0.2, 0) is 16.8 Å². The number of nitrogens with zero attached hydrogens (tertiary/aromatic N) is 3. The van der Waals surface area contributed by atoms with Gasteiger partial charge in [0.1, 0.15) is 0 Å². The maximum atomic E-state index is 12.9. The van der Waals surface area contributed by atoms with Crippen molar-refractivity contribution in [2.45, 2.75) is 33.2 Å². The van der Waals surface area contributed by atoms with Crippen molar-refractivity contribution in [3.63, 3.8) is 0 Å². The Hall–Kier alpha value is -1.35. The first-order chi connectivity index (χ1) is 13.0. The molecular formula is C19H33N3O4S. The molecule has 0 saturated carbocycles. The van der Waals surface area contributed by atoms with E-state index in [4.69, 9.17) is 9.47 Å². The van der Waals surface area contributed by atoms with Gasteiger partial charge in [-0.25, -0.2) is 0 Å². The lowest BCUT2D eigenvalue weighted by Gasteiger charge is -2.36. The smallest absolute Gasteiger partial charge is 0.282 e. The summed E-state index contributed by atoms with van der Waals surface area (Å²) < 4.78 is 39.7. The molecule has 1 aliphatic rings.